The molecule has 13 heavy (non-hydrogen) atoms. The lowest BCUT2D eigenvalue weighted by Gasteiger charge is -2.20. The Morgan fingerprint density at radius 1 is 1.31 bits per heavy atom. The lowest BCUT2D eigenvalue weighted by atomic mass is 9.89. The van der Waals surface area contributed by atoms with Gasteiger partial charge < -0.3 is 5.32 Å². The topological polar surface area (TPSA) is 66.5 Å². The second kappa shape index (κ2) is 4.20. The van der Waals surface area contributed by atoms with Crippen LogP contribution in [0.3, 0.4) is 0 Å². The monoisotopic (exact) mass is 181 g/mol. The zero-order valence-electron chi connectivity index (χ0n) is 7.66. The summed E-state index contributed by atoms with van der Waals surface area (Å²) in [6.45, 7) is 0.986. The second-order valence-electron chi connectivity index (χ2n) is 3.62. The summed E-state index contributed by atoms with van der Waals surface area (Å²) in [5.74, 6) is 1.41. The lowest BCUT2D eigenvalue weighted by Crippen LogP contribution is -2.17. The molecule has 2 N–H and O–H groups in total. The number of tetrazole rings is 1. The number of aromatic amines is 1. The van der Waals surface area contributed by atoms with E-state index < -0.39 is 0 Å². The Kier molecular flexibility index (Phi) is 2.74. The Bertz CT molecular complexity index is 227. The molecule has 5 heteroatoms. The van der Waals surface area contributed by atoms with Crippen molar-refractivity contribution in [3.05, 3.63) is 0 Å². The van der Waals surface area contributed by atoms with E-state index in [0.717, 1.165) is 12.5 Å². The predicted octanol–water partition coefficient (Wildman–Crippen LogP) is 1.19. The highest BCUT2D eigenvalue weighted by molar-refractivity contribution is 5.18. The Labute approximate surface area is 77.3 Å². The molecule has 0 spiro atoms. The van der Waals surface area contributed by atoms with Crippen molar-refractivity contribution in [1.29, 1.82) is 0 Å². The van der Waals surface area contributed by atoms with E-state index in [-0.39, 0.29) is 0 Å². The maximum atomic E-state index is 3.84. The lowest BCUT2D eigenvalue weighted by molar-refractivity contribution is 0.373. The highest BCUT2D eigenvalue weighted by atomic mass is 15.5. The molecule has 1 aliphatic rings. The zero-order valence-corrected chi connectivity index (χ0v) is 7.66. The molecule has 0 radical (unpaired) electrons. The maximum absolute atomic E-state index is 3.84. The van der Waals surface area contributed by atoms with Crippen LogP contribution in [0.2, 0.25) is 0 Å². The summed E-state index contributed by atoms with van der Waals surface area (Å²) >= 11 is 0. The maximum Gasteiger partial charge on any atom is 0.263 e. The van der Waals surface area contributed by atoms with Crippen LogP contribution >= 0.6 is 0 Å². The Balaban J connectivity index is 1.72. The Morgan fingerprint density at radius 3 is 2.85 bits per heavy atom. The molecule has 1 aromatic rings. The van der Waals surface area contributed by atoms with Crippen molar-refractivity contribution >= 4 is 5.95 Å². The number of aromatic nitrogens is 4. The first-order valence-corrected chi connectivity index (χ1v) is 4.92. The van der Waals surface area contributed by atoms with Gasteiger partial charge in [0.05, 0.1) is 0 Å². The fraction of sp³-hybridized carbons (Fsp3) is 0.875. The van der Waals surface area contributed by atoms with Crippen molar-refractivity contribution in [2.24, 2.45) is 5.92 Å². The van der Waals surface area contributed by atoms with Gasteiger partial charge in [-0.05, 0) is 24.0 Å². The van der Waals surface area contributed by atoms with Gasteiger partial charge in [-0.25, -0.2) is 0 Å². The molecule has 0 unspecified atom stereocenters. The average molecular weight is 181 g/mol. The largest absolute Gasteiger partial charge is 0.351 e. The minimum Gasteiger partial charge on any atom is -0.351 e. The quantitative estimate of drug-likeness (QED) is 0.735. The second-order valence-corrected chi connectivity index (χ2v) is 3.62. The summed E-state index contributed by atoms with van der Waals surface area (Å²) < 4.78 is 0. The first-order valence-electron chi connectivity index (χ1n) is 4.92. The number of rotatable bonds is 3. The molecule has 1 aromatic heterocycles. The molecular formula is C8H15N5. The average Bonchev–Trinajstić information content (AvgIpc) is 2.69. The standard InChI is InChI=1S/C8H15N5/c1-2-4-7(5-3-1)6-9-8-10-12-13-11-8/h7H,1-6H2,(H2,9,10,11,12,13). The molecule has 0 saturated heterocycles. The molecular weight excluding hydrogens is 166 g/mol. The van der Waals surface area contributed by atoms with E-state index in [1.807, 2.05) is 0 Å². The van der Waals surface area contributed by atoms with Crippen LogP contribution in [0.4, 0.5) is 5.95 Å². The molecule has 2 rings (SSSR count). The van der Waals surface area contributed by atoms with E-state index in [1.165, 1.54) is 32.1 Å². The normalized spacial score (nSPS) is 18.8. The number of nitrogens with one attached hydrogen (secondary N) is 2. The highest BCUT2D eigenvalue weighted by Crippen LogP contribution is 2.23. The van der Waals surface area contributed by atoms with E-state index in [2.05, 4.69) is 25.9 Å². The van der Waals surface area contributed by atoms with Gasteiger partial charge in [0, 0.05) is 6.54 Å². The third-order valence-corrected chi connectivity index (χ3v) is 2.62. The minimum atomic E-state index is 0.616. The first kappa shape index (κ1) is 8.47. The van der Waals surface area contributed by atoms with Crippen LogP contribution in [-0.4, -0.2) is 27.2 Å². The summed E-state index contributed by atoms with van der Waals surface area (Å²) in [5, 5.41) is 16.8. The Morgan fingerprint density at radius 2 is 2.15 bits per heavy atom. The zero-order chi connectivity index (χ0) is 8.93. The van der Waals surface area contributed by atoms with Gasteiger partial charge in [0.15, 0.2) is 0 Å². The predicted molar refractivity (Wildman–Crippen MR) is 49.2 cm³/mol. The van der Waals surface area contributed by atoms with Crippen LogP contribution in [0.1, 0.15) is 32.1 Å². The van der Waals surface area contributed by atoms with E-state index in [1.54, 1.807) is 0 Å². The van der Waals surface area contributed by atoms with Gasteiger partial charge in [0.2, 0.25) is 0 Å². The molecule has 5 nitrogen and oxygen atoms in total. The van der Waals surface area contributed by atoms with Crippen molar-refractivity contribution in [1.82, 2.24) is 20.6 Å². The first-order chi connectivity index (χ1) is 6.45. The van der Waals surface area contributed by atoms with Gasteiger partial charge in [0.25, 0.3) is 5.95 Å². The van der Waals surface area contributed by atoms with Gasteiger partial charge in [-0.2, -0.15) is 5.21 Å². The van der Waals surface area contributed by atoms with Crippen molar-refractivity contribution in [3.63, 3.8) is 0 Å². The summed E-state index contributed by atoms with van der Waals surface area (Å²) in [5.41, 5.74) is 0. The van der Waals surface area contributed by atoms with E-state index in [9.17, 15) is 0 Å². The summed E-state index contributed by atoms with van der Waals surface area (Å²) in [6.07, 6.45) is 6.82. The molecule has 1 aliphatic carbocycles. The van der Waals surface area contributed by atoms with Crippen LogP contribution in [0, 0.1) is 5.92 Å². The molecule has 0 bridgehead atoms. The van der Waals surface area contributed by atoms with E-state index >= 15 is 0 Å². The van der Waals surface area contributed by atoms with Gasteiger partial charge in [-0.3, -0.25) is 0 Å². The van der Waals surface area contributed by atoms with Crippen molar-refractivity contribution in [2.45, 2.75) is 32.1 Å². The van der Waals surface area contributed by atoms with Crippen molar-refractivity contribution in [3.8, 4) is 0 Å². The molecule has 1 fully saturated rings. The van der Waals surface area contributed by atoms with Gasteiger partial charge in [-0.1, -0.05) is 24.4 Å². The van der Waals surface area contributed by atoms with Crippen LogP contribution in [0.25, 0.3) is 0 Å². The number of anilines is 1. The summed E-state index contributed by atoms with van der Waals surface area (Å²) in [4.78, 5) is 0. The number of hydrogen-bond acceptors (Lipinski definition) is 4. The van der Waals surface area contributed by atoms with E-state index in [0.29, 0.717) is 5.95 Å². The number of nitrogens with zero attached hydrogens (tertiary/aromatic N) is 3. The molecule has 0 amide bonds. The SMILES string of the molecule is C1CCC(CNc2nn[nH]n2)CC1. The van der Waals surface area contributed by atoms with E-state index in [4.69, 9.17) is 0 Å². The molecule has 0 aliphatic heterocycles. The molecule has 0 atom stereocenters. The molecule has 1 saturated carbocycles. The van der Waals surface area contributed by atoms with Crippen LogP contribution in [0.15, 0.2) is 0 Å². The Hall–Kier alpha value is -1.13. The smallest absolute Gasteiger partial charge is 0.263 e. The van der Waals surface area contributed by atoms with Crippen LogP contribution in [0.5, 0.6) is 0 Å². The summed E-state index contributed by atoms with van der Waals surface area (Å²) in [6, 6.07) is 0. The van der Waals surface area contributed by atoms with Crippen LogP contribution in [-0.2, 0) is 0 Å². The van der Waals surface area contributed by atoms with Gasteiger partial charge in [0.1, 0.15) is 0 Å². The van der Waals surface area contributed by atoms with Gasteiger partial charge in [-0.15, -0.1) is 5.10 Å². The third-order valence-electron chi connectivity index (χ3n) is 2.62. The number of hydrogen-bond donors (Lipinski definition) is 2. The number of H-pyrrole nitrogens is 1. The van der Waals surface area contributed by atoms with Crippen molar-refractivity contribution in [2.75, 3.05) is 11.9 Å². The molecule has 72 valence electrons. The van der Waals surface area contributed by atoms with Gasteiger partial charge >= 0.3 is 0 Å². The minimum absolute atomic E-state index is 0.616. The highest BCUT2D eigenvalue weighted by Gasteiger charge is 2.13. The summed E-state index contributed by atoms with van der Waals surface area (Å²) in [7, 11) is 0. The fourth-order valence-electron chi connectivity index (χ4n) is 1.86. The van der Waals surface area contributed by atoms with Crippen LogP contribution < -0.4 is 5.32 Å². The van der Waals surface area contributed by atoms with Crippen molar-refractivity contribution < 1.29 is 0 Å². The fourth-order valence-corrected chi connectivity index (χ4v) is 1.86. The molecule has 1 heterocycles. The third kappa shape index (κ3) is 2.40. The molecule has 0 aromatic carbocycles.